The number of aliphatic hydroxyl groups is 1. The molecule has 1 unspecified atom stereocenters. The summed E-state index contributed by atoms with van der Waals surface area (Å²) in [5, 5.41) is 16.1. The first-order valence-electron chi connectivity index (χ1n) is 3.93. The molecule has 0 bridgehead atoms. The Kier molecular flexibility index (Phi) is 9.92. The maximum absolute atomic E-state index is 10.3. The third kappa shape index (κ3) is 12.7. The molecule has 0 radical (unpaired) electrons. The number of rotatable bonds is 4. The molecular weight excluding hydrogens is 224 g/mol. The minimum absolute atomic E-state index is 0.352. The number of carbonyl (C=O) groups is 2. The van der Waals surface area contributed by atoms with Crippen molar-refractivity contribution < 1.29 is 24.5 Å². The average Bonchev–Trinajstić information content (AvgIpc) is 2.18. The maximum Gasteiger partial charge on any atom is 0.346 e. The summed E-state index contributed by atoms with van der Waals surface area (Å²) in [5.74, 6) is -1.76. The van der Waals surface area contributed by atoms with Crippen LogP contribution in [0.2, 0.25) is 0 Å². The molecule has 6 heteroatoms. The van der Waals surface area contributed by atoms with Gasteiger partial charge in [0.2, 0.25) is 6.29 Å². The Morgan fingerprint density at radius 3 is 2.20 bits per heavy atom. The lowest BCUT2D eigenvalue weighted by molar-refractivity contribution is -0.161. The molecule has 0 aromatic rings. The Morgan fingerprint density at radius 1 is 1.60 bits per heavy atom. The van der Waals surface area contributed by atoms with Gasteiger partial charge in [0, 0.05) is 12.5 Å². The number of carboxylic acids is 1. The van der Waals surface area contributed by atoms with Crippen molar-refractivity contribution in [3.8, 4) is 0 Å². The van der Waals surface area contributed by atoms with E-state index in [4.69, 9.17) is 21.8 Å². The molecular formula is C9H13ClO5. The van der Waals surface area contributed by atoms with Crippen molar-refractivity contribution in [1.29, 1.82) is 0 Å². The molecule has 15 heavy (non-hydrogen) atoms. The molecule has 0 fully saturated rings. The molecule has 0 rings (SSSR count). The number of carboxylic acid groups (broad SMARTS) is 1. The van der Waals surface area contributed by atoms with Crippen molar-refractivity contribution in [2.75, 3.05) is 0 Å². The summed E-state index contributed by atoms with van der Waals surface area (Å²) >= 11 is 4.82. The normalized spacial score (nSPS) is 10.3. The van der Waals surface area contributed by atoms with Crippen LogP contribution in [0.15, 0.2) is 24.3 Å². The van der Waals surface area contributed by atoms with Gasteiger partial charge in [-0.05, 0) is 0 Å². The van der Waals surface area contributed by atoms with Crippen LogP contribution in [0.1, 0.15) is 13.3 Å². The summed E-state index contributed by atoms with van der Waals surface area (Å²) in [7, 11) is 0. The number of halogens is 1. The van der Waals surface area contributed by atoms with Gasteiger partial charge in [-0.25, -0.2) is 9.59 Å². The second kappa shape index (κ2) is 9.23. The Bertz CT molecular complexity index is 237. The fraction of sp³-hybridized carbons (Fsp3) is 0.333. The minimum Gasteiger partial charge on any atom is -0.477 e. The highest BCUT2D eigenvalue weighted by molar-refractivity contribution is 6.40. The second-order valence-electron chi connectivity index (χ2n) is 2.21. The molecule has 0 aliphatic heterocycles. The van der Waals surface area contributed by atoms with Crippen molar-refractivity contribution in [2.45, 2.75) is 19.6 Å². The second-order valence-corrected chi connectivity index (χ2v) is 2.67. The lowest BCUT2D eigenvalue weighted by Gasteiger charge is -2.05. The Labute approximate surface area is 92.6 Å². The fourth-order valence-corrected chi connectivity index (χ4v) is 0.266. The lowest BCUT2D eigenvalue weighted by atomic mass is 10.5. The summed E-state index contributed by atoms with van der Waals surface area (Å²) in [6, 6.07) is 0. The van der Waals surface area contributed by atoms with Crippen molar-refractivity contribution in [2.24, 2.45) is 0 Å². The van der Waals surface area contributed by atoms with Gasteiger partial charge in [-0.1, -0.05) is 31.7 Å². The summed E-state index contributed by atoms with van der Waals surface area (Å²) in [6.45, 7) is 7.79. The molecule has 5 nitrogen and oxygen atoms in total. The van der Waals surface area contributed by atoms with Gasteiger partial charge in [0.25, 0.3) is 0 Å². The van der Waals surface area contributed by atoms with Crippen LogP contribution < -0.4 is 0 Å². The van der Waals surface area contributed by atoms with Gasteiger partial charge in [-0.3, -0.25) is 0 Å². The van der Waals surface area contributed by atoms with Gasteiger partial charge >= 0.3 is 11.9 Å². The van der Waals surface area contributed by atoms with Crippen LogP contribution >= 0.6 is 11.6 Å². The number of aliphatic hydroxyl groups excluding tert-OH is 1. The van der Waals surface area contributed by atoms with E-state index in [2.05, 4.69) is 17.9 Å². The molecule has 0 aliphatic carbocycles. The Hall–Kier alpha value is -1.33. The quantitative estimate of drug-likeness (QED) is 0.436. The largest absolute Gasteiger partial charge is 0.477 e. The number of hydrogen-bond donors (Lipinski definition) is 2. The third-order valence-electron chi connectivity index (χ3n) is 1.00. The molecule has 0 spiro atoms. The zero-order chi connectivity index (χ0) is 12.4. The van der Waals surface area contributed by atoms with Crippen LogP contribution in [0.5, 0.6) is 0 Å². The monoisotopic (exact) mass is 236 g/mol. The van der Waals surface area contributed by atoms with Gasteiger partial charge in [0.05, 0.1) is 0 Å². The third-order valence-corrected chi connectivity index (χ3v) is 1.16. The highest BCUT2D eigenvalue weighted by Gasteiger charge is 2.02. The molecule has 1 atom stereocenters. The smallest absolute Gasteiger partial charge is 0.346 e. The first-order valence-corrected chi connectivity index (χ1v) is 4.31. The molecule has 0 aliphatic rings. The van der Waals surface area contributed by atoms with E-state index in [0.717, 1.165) is 6.08 Å². The predicted molar refractivity (Wildman–Crippen MR) is 55.2 cm³/mol. The lowest BCUT2D eigenvalue weighted by Crippen LogP contribution is -2.14. The zero-order valence-corrected chi connectivity index (χ0v) is 9.03. The topological polar surface area (TPSA) is 83.8 Å². The predicted octanol–water partition coefficient (Wildman–Crippen LogP) is 1.27. The van der Waals surface area contributed by atoms with Crippen molar-refractivity contribution in [1.82, 2.24) is 0 Å². The molecule has 0 heterocycles. The Morgan fingerprint density at radius 2 is 2.00 bits per heavy atom. The van der Waals surface area contributed by atoms with E-state index in [0.29, 0.717) is 6.42 Å². The van der Waals surface area contributed by atoms with Gasteiger partial charge in [-0.2, -0.15) is 0 Å². The van der Waals surface area contributed by atoms with Crippen LogP contribution in [0, 0.1) is 0 Å². The van der Waals surface area contributed by atoms with Gasteiger partial charge in [-0.15, -0.1) is 0 Å². The maximum atomic E-state index is 10.3. The van der Waals surface area contributed by atoms with E-state index in [1.165, 1.54) is 0 Å². The first-order chi connectivity index (χ1) is 6.84. The number of ether oxygens (including phenoxy) is 1. The van der Waals surface area contributed by atoms with Crippen molar-refractivity contribution >= 4 is 23.5 Å². The fourth-order valence-electron chi connectivity index (χ4n) is 0.266. The Balaban J connectivity index is 0. The van der Waals surface area contributed by atoms with Crippen LogP contribution in [-0.4, -0.2) is 28.4 Å². The molecule has 0 aromatic heterocycles. The van der Waals surface area contributed by atoms with Gasteiger partial charge in [0.1, 0.15) is 5.03 Å². The summed E-state index contributed by atoms with van der Waals surface area (Å²) < 4.78 is 4.35. The summed E-state index contributed by atoms with van der Waals surface area (Å²) in [6.07, 6.45) is 0.425. The van der Waals surface area contributed by atoms with E-state index >= 15 is 0 Å². The van der Waals surface area contributed by atoms with E-state index in [-0.39, 0.29) is 5.03 Å². The van der Waals surface area contributed by atoms with Crippen molar-refractivity contribution in [3.05, 3.63) is 24.3 Å². The molecule has 2 N–H and O–H groups in total. The number of aliphatic carboxylic acids is 1. The standard InChI is InChI=1S/C6H10O3.C3H3ClO2/c1-3-5(7)9-6(8)4-2;1-2(4)3(5)6/h3,6,8H,1,4H2,2H3;1H2,(H,5,6). The highest BCUT2D eigenvalue weighted by atomic mass is 35.5. The van der Waals surface area contributed by atoms with Crippen LogP contribution in [-0.2, 0) is 14.3 Å². The van der Waals surface area contributed by atoms with Crippen LogP contribution in [0.4, 0.5) is 0 Å². The summed E-state index contributed by atoms with van der Waals surface area (Å²) in [5.41, 5.74) is 0. The molecule has 0 saturated carbocycles. The van der Waals surface area contributed by atoms with Crippen LogP contribution in [0.25, 0.3) is 0 Å². The SMILES string of the molecule is C=C(Cl)C(=O)O.C=CC(=O)OC(O)CC. The van der Waals surface area contributed by atoms with E-state index in [1.54, 1.807) is 6.92 Å². The van der Waals surface area contributed by atoms with E-state index in [1.807, 2.05) is 0 Å². The molecule has 86 valence electrons. The molecule has 0 amide bonds. The molecule has 0 aromatic carbocycles. The summed E-state index contributed by atoms with van der Waals surface area (Å²) in [4.78, 5) is 19.7. The number of carbonyl (C=O) groups excluding carboxylic acids is 1. The first kappa shape index (κ1) is 16.1. The number of hydrogen-bond acceptors (Lipinski definition) is 4. The van der Waals surface area contributed by atoms with Gasteiger partial charge in [0.15, 0.2) is 0 Å². The minimum atomic E-state index is -1.17. The number of esters is 1. The van der Waals surface area contributed by atoms with E-state index < -0.39 is 18.2 Å². The van der Waals surface area contributed by atoms with E-state index in [9.17, 15) is 9.59 Å². The average molecular weight is 237 g/mol. The molecule has 0 saturated heterocycles. The van der Waals surface area contributed by atoms with Crippen LogP contribution in [0.3, 0.4) is 0 Å². The van der Waals surface area contributed by atoms with Gasteiger partial charge < -0.3 is 14.9 Å². The zero-order valence-electron chi connectivity index (χ0n) is 8.27. The van der Waals surface area contributed by atoms with Crippen molar-refractivity contribution in [3.63, 3.8) is 0 Å². The highest BCUT2D eigenvalue weighted by Crippen LogP contribution is 1.93.